The maximum Gasteiger partial charge on any atom is 0.0672 e. The minimum Gasteiger partial charge on any atom is -0.376 e. The molecule has 2 heteroatoms. The molecule has 2 nitrogen and oxygen atoms in total. The van der Waals surface area contributed by atoms with E-state index in [2.05, 4.69) is 11.9 Å². The van der Waals surface area contributed by atoms with Crippen molar-refractivity contribution in [1.29, 1.82) is 0 Å². The van der Waals surface area contributed by atoms with Crippen molar-refractivity contribution >= 4 is 0 Å². The molecule has 0 spiro atoms. The first kappa shape index (κ1) is 11.7. The summed E-state index contributed by atoms with van der Waals surface area (Å²) in [6.07, 6.45) is 5.69. The average molecular weight is 197 g/mol. The Balaban J connectivity index is 1.82. The molecule has 1 N–H and O–H groups in total. The molecule has 1 rings (SSSR count). The normalized spacial score (nSPS) is 17.5. The fourth-order valence-corrected chi connectivity index (χ4v) is 1.91. The van der Waals surface area contributed by atoms with Gasteiger partial charge in [-0.25, -0.2) is 0 Å². The van der Waals surface area contributed by atoms with E-state index in [-0.39, 0.29) is 0 Å². The average Bonchev–Trinajstić information content (AvgIpc) is 2.63. The van der Waals surface area contributed by atoms with Gasteiger partial charge in [-0.2, -0.15) is 0 Å². The van der Waals surface area contributed by atoms with Crippen molar-refractivity contribution in [2.45, 2.75) is 32.6 Å². The van der Waals surface area contributed by atoms with Crippen LogP contribution in [0.1, 0.15) is 32.6 Å². The van der Waals surface area contributed by atoms with E-state index in [9.17, 15) is 0 Å². The van der Waals surface area contributed by atoms with E-state index in [0.717, 1.165) is 24.6 Å². The molecule has 0 unspecified atom stereocenters. The van der Waals surface area contributed by atoms with E-state index in [1.165, 1.54) is 32.2 Å². The Morgan fingerprint density at radius 2 is 2.14 bits per heavy atom. The lowest BCUT2D eigenvalue weighted by Gasteiger charge is -2.10. The summed E-state index contributed by atoms with van der Waals surface area (Å²) in [5, 5.41) is 3.45. The second-order valence-corrected chi connectivity index (χ2v) is 4.36. The predicted octanol–water partition coefficient (Wildman–Crippen LogP) is 2.36. The van der Waals surface area contributed by atoms with Gasteiger partial charge in [0.1, 0.15) is 0 Å². The lowest BCUT2D eigenvalue weighted by molar-refractivity contribution is 0.157. The molecule has 0 bridgehead atoms. The van der Waals surface area contributed by atoms with Gasteiger partial charge in [0.25, 0.3) is 0 Å². The van der Waals surface area contributed by atoms with Crippen LogP contribution in [-0.2, 0) is 4.74 Å². The molecule has 0 aromatic carbocycles. The highest BCUT2D eigenvalue weighted by atomic mass is 16.5. The molecule has 0 heterocycles. The van der Waals surface area contributed by atoms with Gasteiger partial charge in [-0.1, -0.05) is 25.0 Å². The summed E-state index contributed by atoms with van der Waals surface area (Å²) >= 11 is 0. The first-order chi connectivity index (χ1) is 6.79. The van der Waals surface area contributed by atoms with Gasteiger partial charge in [-0.15, -0.1) is 0 Å². The number of rotatable bonds is 7. The van der Waals surface area contributed by atoms with E-state index >= 15 is 0 Å². The third-order valence-corrected chi connectivity index (χ3v) is 2.68. The van der Waals surface area contributed by atoms with Crippen LogP contribution in [0, 0.1) is 5.92 Å². The van der Waals surface area contributed by atoms with Crippen LogP contribution in [0.4, 0.5) is 0 Å². The fraction of sp³-hybridized carbons (Fsp3) is 0.833. The minimum absolute atomic E-state index is 0.700. The Morgan fingerprint density at radius 3 is 2.79 bits per heavy atom. The highest BCUT2D eigenvalue weighted by Gasteiger charge is 2.13. The minimum atomic E-state index is 0.700. The second-order valence-electron chi connectivity index (χ2n) is 4.36. The summed E-state index contributed by atoms with van der Waals surface area (Å²) in [6, 6.07) is 0. The molecular formula is C12H23NO. The molecule has 14 heavy (non-hydrogen) atoms. The topological polar surface area (TPSA) is 21.3 Å². The van der Waals surface area contributed by atoms with Crippen LogP contribution in [0.25, 0.3) is 0 Å². The molecule has 0 aliphatic heterocycles. The zero-order chi connectivity index (χ0) is 10.2. The van der Waals surface area contributed by atoms with Gasteiger partial charge >= 0.3 is 0 Å². The monoisotopic (exact) mass is 197 g/mol. The zero-order valence-corrected chi connectivity index (χ0v) is 9.35. The maximum atomic E-state index is 5.40. The molecule has 0 saturated heterocycles. The molecule has 0 aromatic rings. The van der Waals surface area contributed by atoms with E-state index in [0.29, 0.717) is 6.61 Å². The van der Waals surface area contributed by atoms with Crippen molar-refractivity contribution in [3.05, 3.63) is 12.2 Å². The first-order valence-electron chi connectivity index (χ1n) is 5.72. The molecule has 1 aliphatic rings. The van der Waals surface area contributed by atoms with Crippen molar-refractivity contribution in [3.63, 3.8) is 0 Å². The summed E-state index contributed by atoms with van der Waals surface area (Å²) in [7, 11) is 0. The largest absolute Gasteiger partial charge is 0.376 e. The van der Waals surface area contributed by atoms with Crippen LogP contribution in [-0.4, -0.2) is 26.3 Å². The van der Waals surface area contributed by atoms with E-state index in [1.807, 2.05) is 6.92 Å². The fourth-order valence-electron chi connectivity index (χ4n) is 1.91. The molecule has 1 aliphatic carbocycles. The van der Waals surface area contributed by atoms with Crippen molar-refractivity contribution in [2.24, 2.45) is 5.92 Å². The lowest BCUT2D eigenvalue weighted by atomic mass is 10.1. The summed E-state index contributed by atoms with van der Waals surface area (Å²) in [5.41, 5.74) is 1.10. The molecule has 1 fully saturated rings. The van der Waals surface area contributed by atoms with Gasteiger partial charge < -0.3 is 10.1 Å². The van der Waals surface area contributed by atoms with Crippen LogP contribution in [0.5, 0.6) is 0 Å². The Bertz CT molecular complexity index is 162. The SMILES string of the molecule is C=C(C)COCCNCC1CCCC1. The Hall–Kier alpha value is -0.340. The predicted molar refractivity (Wildman–Crippen MR) is 60.5 cm³/mol. The van der Waals surface area contributed by atoms with Gasteiger partial charge in [-0.3, -0.25) is 0 Å². The zero-order valence-electron chi connectivity index (χ0n) is 9.35. The third kappa shape index (κ3) is 5.40. The molecule has 0 radical (unpaired) electrons. The second kappa shape index (κ2) is 7.02. The highest BCUT2D eigenvalue weighted by molar-refractivity contribution is 4.87. The quantitative estimate of drug-likeness (QED) is 0.500. The molecule has 82 valence electrons. The maximum absolute atomic E-state index is 5.40. The number of hydrogen-bond acceptors (Lipinski definition) is 2. The van der Waals surface area contributed by atoms with Crippen LogP contribution >= 0.6 is 0 Å². The van der Waals surface area contributed by atoms with E-state index in [4.69, 9.17) is 4.74 Å². The molecule has 0 atom stereocenters. The Morgan fingerprint density at radius 1 is 1.43 bits per heavy atom. The van der Waals surface area contributed by atoms with Crippen LogP contribution in [0.2, 0.25) is 0 Å². The van der Waals surface area contributed by atoms with Crippen LogP contribution in [0.3, 0.4) is 0 Å². The highest BCUT2D eigenvalue weighted by Crippen LogP contribution is 2.23. The van der Waals surface area contributed by atoms with Crippen LogP contribution < -0.4 is 5.32 Å². The van der Waals surface area contributed by atoms with Crippen molar-refractivity contribution in [1.82, 2.24) is 5.32 Å². The van der Waals surface area contributed by atoms with E-state index in [1.54, 1.807) is 0 Å². The lowest BCUT2D eigenvalue weighted by Crippen LogP contribution is -2.25. The molecule has 1 saturated carbocycles. The van der Waals surface area contributed by atoms with Gasteiger partial charge in [0.2, 0.25) is 0 Å². The summed E-state index contributed by atoms with van der Waals surface area (Å²) < 4.78 is 5.40. The number of ether oxygens (including phenoxy) is 1. The molecule has 0 amide bonds. The van der Waals surface area contributed by atoms with Crippen molar-refractivity contribution < 1.29 is 4.74 Å². The standard InChI is InChI=1S/C12H23NO/c1-11(2)10-14-8-7-13-9-12-5-3-4-6-12/h12-13H,1,3-10H2,2H3. The van der Waals surface area contributed by atoms with Gasteiger partial charge in [-0.05, 0) is 32.2 Å². The Labute approximate surface area is 87.7 Å². The molecular weight excluding hydrogens is 174 g/mol. The number of nitrogens with one attached hydrogen (secondary N) is 1. The van der Waals surface area contributed by atoms with Crippen molar-refractivity contribution in [2.75, 3.05) is 26.3 Å². The van der Waals surface area contributed by atoms with E-state index < -0.39 is 0 Å². The Kier molecular flexibility index (Phi) is 5.88. The molecule has 0 aromatic heterocycles. The van der Waals surface area contributed by atoms with Crippen LogP contribution in [0.15, 0.2) is 12.2 Å². The first-order valence-corrected chi connectivity index (χ1v) is 5.72. The summed E-state index contributed by atoms with van der Waals surface area (Å²) in [4.78, 5) is 0. The third-order valence-electron chi connectivity index (χ3n) is 2.68. The number of hydrogen-bond donors (Lipinski definition) is 1. The van der Waals surface area contributed by atoms with Crippen molar-refractivity contribution in [3.8, 4) is 0 Å². The van der Waals surface area contributed by atoms with Gasteiger partial charge in [0.05, 0.1) is 13.2 Å². The summed E-state index contributed by atoms with van der Waals surface area (Å²) in [6.45, 7) is 9.44. The summed E-state index contributed by atoms with van der Waals surface area (Å²) in [5.74, 6) is 0.927. The van der Waals surface area contributed by atoms with Gasteiger partial charge in [0.15, 0.2) is 0 Å². The smallest absolute Gasteiger partial charge is 0.0672 e. The van der Waals surface area contributed by atoms with Gasteiger partial charge in [0, 0.05) is 6.54 Å².